The second kappa shape index (κ2) is 5.05. The summed E-state index contributed by atoms with van der Waals surface area (Å²) in [5, 5.41) is 3.54. The zero-order valence-corrected chi connectivity index (χ0v) is 10.8. The molecule has 0 aliphatic heterocycles. The van der Waals surface area contributed by atoms with Crippen molar-refractivity contribution in [2.75, 3.05) is 12.4 Å². The lowest BCUT2D eigenvalue weighted by molar-refractivity contribution is 0.187. The maximum absolute atomic E-state index is 11.3. The third kappa shape index (κ3) is 2.21. The molecule has 3 rings (SSSR count). The lowest BCUT2D eigenvalue weighted by Crippen LogP contribution is -2.10. The number of methoxy groups -OCH3 is 1. The third-order valence-corrected chi connectivity index (χ3v) is 2.93. The molecule has 2 aromatic heterocycles. The summed E-state index contributed by atoms with van der Waals surface area (Å²) in [6.45, 7) is 0. The van der Waals surface area contributed by atoms with E-state index in [1.807, 2.05) is 30.3 Å². The number of pyridine rings is 1. The van der Waals surface area contributed by atoms with Crippen LogP contribution in [0, 0.1) is 0 Å². The van der Waals surface area contributed by atoms with Crippen molar-refractivity contribution in [1.29, 1.82) is 0 Å². The van der Waals surface area contributed by atoms with Crippen LogP contribution in [0.1, 0.15) is 0 Å². The first-order valence-electron chi connectivity index (χ1n) is 6.06. The molecule has 1 N–H and O–H groups in total. The molecule has 5 heteroatoms. The van der Waals surface area contributed by atoms with Crippen molar-refractivity contribution in [3.8, 4) is 11.3 Å². The van der Waals surface area contributed by atoms with Crippen LogP contribution in [-0.2, 0) is 4.74 Å². The highest BCUT2D eigenvalue weighted by Gasteiger charge is 2.11. The van der Waals surface area contributed by atoms with Gasteiger partial charge in [-0.2, -0.15) is 0 Å². The van der Waals surface area contributed by atoms with Gasteiger partial charge < -0.3 is 9.15 Å². The molecule has 0 atom stereocenters. The van der Waals surface area contributed by atoms with Crippen molar-refractivity contribution in [3.05, 3.63) is 48.8 Å². The minimum absolute atomic E-state index is 0.528. The number of ether oxygens (including phenoxy) is 1. The number of para-hydroxylation sites is 1. The molecular weight excluding hydrogens is 256 g/mol. The van der Waals surface area contributed by atoms with E-state index in [1.54, 1.807) is 18.5 Å². The molecular formula is C15H12N2O3. The molecule has 0 bridgehead atoms. The number of benzene rings is 1. The third-order valence-electron chi connectivity index (χ3n) is 2.93. The van der Waals surface area contributed by atoms with Crippen molar-refractivity contribution in [2.24, 2.45) is 0 Å². The number of carbonyl (C=O) groups is 1. The Kier molecular flexibility index (Phi) is 3.09. The van der Waals surface area contributed by atoms with Crippen molar-refractivity contribution in [3.63, 3.8) is 0 Å². The van der Waals surface area contributed by atoms with E-state index >= 15 is 0 Å². The highest BCUT2D eigenvalue weighted by atomic mass is 16.5. The van der Waals surface area contributed by atoms with E-state index in [-0.39, 0.29) is 0 Å². The number of aromatic nitrogens is 1. The Morgan fingerprint density at radius 2 is 2.05 bits per heavy atom. The van der Waals surface area contributed by atoms with Gasteiger partial charge in [0.15, 0.2) is 5.58 Å². The van der Waals surface area contributed by atoms with Crippen LogP contribution in [0.15, 0.2) is 53.2 Å². The number of anilines is 1. The summed E-state index contributed by atoms with van der Waals surface area (Å²) in [5.74, 6) is 0.724. The van der Waals surface area contributed by atoms with Crippen molar-refractivity contribution in [1.82, 2.24) is 4.98 Å². The van der Waals surface area contributed by atoms with Crippen LogP contribution in [0.2, 0.25) is 0 Å². The van der Waals surface area contributed by atoms with Crippen LogP contribution in [0.25, 0.3) is 22.3 Å². The van der Waals surface area contributed by atoms with Crippen molar-refractivity contribution < 1.29 is 13.9 Å². The molecule has 100 valence electrons. The highest BCUT2D eigenvalue weighted by molar-refractivity contribution is 5.98. The fourth-order valence-electron chi connectivity index (χ4n) is 1.98. The molecule has 0 aliphatic rings. The van der Waals surface area contributed by atoms with Crippen LogP contribution in [-0.4, -0.2) is 18.2 Å². The lowest BCUT2D eigenvalue weighted by atomic mass is 10.2. The van der Waals surface area contributed by atoms with Gasteiger partial charge in [-0.05, 0) is 24.3 Å². The van der Waals surface area contributed by atoms with Crippen LogP contribution in [0.4, 0.5) is 10.5 Å². The van der Waals surface area contributed by atoms with Gasteiger partial charge in [-0.25, -0.2) is 4.79 Å². The number of carbonyl (C=O) groups excluding carboxylic acids is 1. The number of amides is 1. The van der Waals surface area contributed by atoms with Gasteiger partial charge in [-0.15, -0.1) is 0 Å². The Hall–Kier alpha value is -2.82. The Balaban J connectivity index is 2.07. The average Bonchev–Trinajstić information content (AvgIpc) is 2.93. The lowest BCUT2D eigenvalue weighted by Gasteiger charge is -2.03. The number of furan rings is 1. The van der Waals surface area contributed by atoms with Gasteiger partial charge in [0.1, 0.15) is 5.76 Å². The zero-order valence-electron chi connectivity index (χ0n) is 10.8. The van der Waals surface area contributed by atoms with Gasteiger partial charge in [-0.1, -0.05) is 12.1 Å². The van der Waals surface area contributed by atoms with Crippen LogP contribution >= 0.6 is 0 Å². The predicted octanol–water partition coefficient (Wildman–Crippen LogP) is 3.67. The Labute approximate surface area is 115 Å². The summed E-state index contributed by atoms with van der Waals surface area (Å²) in [6.07, 6.45) is 2.88. The largest absolute Gasteiger partial charge is 0.454 e. The van der Waals surface area contributed by atoms with E-state index in [0.717, 1.165) is 16.7 Å². The molecule has 3 aromatic rings. The minimum atomic E-state index is -0.528. The summed E-state index contributed by atoms with van der Waals surface area (Å²) >= 11 is 0. The summed E-state index contributed by atoms with van der Waals surface area (Å²) < 4.78 is 10.4. The normalized spacial score (nSPS) is 10.4. The minimum Gasteiger partial charge on any atom is -0.454 e. The molecule has 1 amide bonds. The molecule has 20 heavy (non-hydrogen) atoms. The first-order valence-corrected chi connectivity index (χ1v) is 6.06. The monoisotopic (exact) mass is 268 g/mol. The van der Waals surface area contributed by atoms with E-state index in [4.69, 9.17) is 4.42 Å². The first-order chi connectivity index (χ1) is 9.78. The second-order valence-corrected chi connectivity index (χ2v) is 4.19. The number of hydrogen-bond acceptors (Lipinski definition) is 4. The van der Waals surface area contributed by atoms with E-state index in [0.29, 0.717) is 11.3 Å². The molecule has 0 saturated heterocycles. The number of fused-ring (bicyclic) bond motifs is 1. The SMILES string of the molecule is COC(=O)Nc1cccc2cc(-c3ccncc3)oc12. The summed E-state index contributed by atoms with van der Waals surface area (Å²) in [4.78, 5) is 15.3. The van der Waals surface area contributed by atoms with Gasteiger partial charge in [0.05, 0.1) is 12.8 Å². The van der Waals surface area contributed by atoms with Gasteiger partial charge in [-0.3, -0.25) is 10.3 Å². The standard InChI is InChI=1S/C15H12N2O3/c1-19-15(18)17-12-4-2-3-11-9-13(20-14(11)12)10-5-7-16-8-6-10/h2-9H,1H3,(H,17,18). The van der Waals surface area contributed by atoms with E-state index in [9.17, 15) is 4.79 Å². The van der Waals surface area contributed by atoms with E-state index in [2.05, 4.69) is 15.0 Å². The van der Waals surface area contributed by atoms with Crippen LogP contribution in [0.5, 0.6) is 0 Å². The smallest absolute Gasteiger partial charge is 0.411 e. The van der Waals surface area contributed by atoms with Crippen molar-refractivity contribution in [2.45, 2.75) is 0 Å². The van der Waals surface area contributed by atoms with Crippen LogP contribution < -0.4 is 5.32 Å². The van der Waals surface area contributed by atoms with Gasteiger partial charge in [0.2, 0.25) is 0 Å². The van der Waals surface area contributed by atoms with E-state index in [1.165, 1.54) is 7.11 Å². The molecule has 0 unspecified atom stereocenters. The Morgan fingerprint density at radius 1 is 1.25 bits per heavy atom. The molecule has 2 heterocycles. The van der Waals surface area contributed by atoms with Crippen molar-refractivity contribution >= 4 is 22.7 Å². The molecule has 0 fully saturated rings. The molecule has 5 nitrogen and oxygen atoms in total. The fraction of sp³-hybridized carbons (Fsp3) is 0.0667. The number of rotatable bonds is 2. The van der Waals surface area contributed by atoms with Gasteiger partial charge >= 0.3 is 6.09 Å². The molecule has 0 radical (unpaired) electrons. The van der Waals surface area contributed by atoms with Gasteiger partial charge in [0.25, 0.3) is 0 Å². The van der Waals surface area contributed by atoms with Gasteiger partial charge in [0, 0.05) is 23.3 Å². The topological polar surface area (TPSA) is 64.4 Å². The number of nitrogens with zero attached hydrogens (tertiary/aromatic N) is 1. The predicted molar refractivity (Wildman–Crippen MR) is 75.5 cm³/mol. The molecule has 0 saturated carbocycles. The molecule has 0 aliphatic carbocycles. The number of nitrogens with one attached hydrogen (secondary N) is 1. The Bertz CT molecular complexity index is 750. The molecule has 0 spiro atoms. The zero-order chi connectivity index (χ0) is 13.9. The summed E-state index contributed by atoms with van der Waals surface area (Å²) in [5.41, 5.74) is 2.12. The number of hydrogen-bond donors (Lipinski definition) is 1. The average molecular weight is 268 g/mol. The summed E-state index contributed by atoms with van der Waals surface area (Å²) in [7, 11) is 1.32. The highest BCUT2D eigenvalue weighted by Crippen LogP contribution is 2.31. The fourth-order valence-corrected chi connectivity index (χ4v) is 1.98. The quantitative estimate of drug-likeness (QED) is 0.770. The second-order valence-electron chi connectivity index (χ2n) is 4.19. The van der Waals surface area contributed by atoms with E-state index < -0.39 is 6.09 Å². The molecule has 1 aromatic carbocycles. The first kappa shape index (κ1) is 12.2. The van der Waals surface area contributed by atoms with Crippen LogP contribution in [0.3, 0.4) is 0 Å². The maximum Gasteiger partial charge on any atom is 0.411 e. The summed E-state index contributed by atoms with van der Waals surface area (Å²) in [6, 6.07) is 11.2. The maximum atomic E-state index is 11.3. The Morgan fingerprint density at radius 3 is 2.80 bits per heavy atom.